The highest BCUT2D eigenvalue weighted by molar-refractivity contribution is 6.30. The summed E-state index contributed by atoms with van der Waals surface area (Å²) in [5, 5.41) is 9.40. The molecule has 0 radical (unpaired) electrons. The predicted octanol–water partition coefficient (Wildman–Crippen LogP) is 5.52. The third kappa shape index (κ3) is 6.17. The topological polar surface area (TPSA) is 70.1 Å². The summed E-state index contributed by atoms with van der Waals surface area (Å²) in [6, 6.07) is 5.54. The fourth-order valence-corrected chi connectivity index (χ4v) is 5.53. The van der Waals surface area contributed by atoms with Gasteiger partial charge in [0, 0.05) is 32.1 Å². The van der Waals surface area contributed by atoms with E-state index in [1.54, 1.807) is 12.1 Å². The van der Waals surface area contributed by atoms with Crippen LogP contribution in [0.2, 0.25) is 5.02 Å². The molecule has 1 saturated carbocycles. The first-order valence-electron chi connectivity index (χ1n) is 13.0. The van der Waals surface area contributed by atoms with Gasteiger partial charge < -0.3 is 14.7 Å². The molecule has 2 atom stereocenters. The van der Waals surface area contributed by atoms with E-state index < -0.39 is 47.9 Å². The van der Waals surface area contributed by atoms with Gasteiger partial charge in [0.15, 0.2) is 0 Å². The van der Waals surface area contributed by atoms with Crippen molar-refractivity contribution in [1.29, 1.82) is 0 Å². The molecule has 2 aromatic carbocycles. The number of hydrogen-bond acceptors (Lipinski definition) is 4. The fraction of sp³-hybridized carbons (Fsp3) is 0.500. The summed E-state index contributed by atoms with van der Waals surface area (Å²) in [4.78, 5) is 27.4. The van der Waals surface area contributed by atoms with Crippen LogP contribution in [0.5, 0.6) is 5.75 Å². The van der Waals surface area contributed by atoms with Gasteiger partial charge >= 0.3 is 5.97 Å². The molecule has 2 aliphatic heterocycles. The van der Waals surface area contributed by atoms with E-state index in [1.807, 2.05) is 4.90 Å². The number of benzene rings is 2. The smallest absolute Gasteiger partial charge is 0.326 e. The maximum absolute atomic E-state index is 15.6. The summed E-state index contributed by atoms with van der Waals surface area (Å²) in [7, 11) is 0. The largest absolute Gasteiger partial charge is 0.490 e. The maximum atomic E-state index is 15.6. The third-order valence-corrected chi connectivity index (χ3v) is 8.06. The van der Waals surface area contributed by atoms with Gasteiger partial charge in [-0.3, -0.25) is 9.69 Å². The molecule has 5 rings (SSSR count). The Bertz CT molecular complexity index is 1270. The highest BCUT2D eigenvalue weighted by atomic mass is 35.5. The van der Waals surface area contributed by atoms with Gasteiger partial charge in [-0.05, 0) is 60.9 Å². The van der Waals surface area contributed by atoms with Gasteiger partial charge in [0.2, 0.25) is 0 Å². The molecule has 2 heterocycles. The van der Waals surface area contributed by atoms with Crippen LogP contribution in [-0.2, 0) is 11.3 Å². The zero-order valence-electron chi connectivity index (χ0n) is 21.1. The number of carboxylic acid groups (broad SMARTS) is 1. The van der Waals surface area contributed by atoms with Crippen LogP contribution in [0, 0.1) is 11.6 Å². The standard InChI is InChI=1S/C28H29ClF4N2O4/c29-21-9-16(1-4-22(21)31)13-34-7-5-28(33,6-8-34)15-39-25-12-23(32)20(11-19(25)17-2-3-17)26(36)35-14-18(30)10-24(35)27(37)38/h1,4,9,11-12,17-18,24H,2-3,5-8,10,13-15H2,(H,37,38). The van der Waals surface area contributed by atoms with E-state index in [2.05, 4.69) is 0 Å². The Morgan fingerprint density at radius 2 is 1.82 bits per heavy atom. The molecule has 1 N–H and O–H groups in total. The van der Waals surface area contributed by atoms with Crippen molar-refractivity contribution in [3.8, 4) is 5.75 Å². The average molecular weight is 569 g/mol. The number of alkyl halides is 2. The SMILES string of the molecule is O=C(O)C1CC(F)CN1C(=O)c1cc(C2CC2)c(OCC2(F)CCN(Cc3ccc(F)c(Cl)c3)CC2)cc1F. The Morgan fingerprint density at radius 1 is 1.10 bits per heavy atom. The number of carboxylic acids is 1. The molecule has 3 fully saturated rings. The summed E-state index contributed by atoms with van der Waals surface area (Å²) < 4.78 is 63.9. The van der Waals surface area contributed by atoms with Crippen molar-refractivity contribution in [2.45, 2.75) is 62.4 Å². The third-order valence-electron chi connectivity index (χ3n) is 7.77. The number of aliphatic carboxylic acids is 1. The molecule has 2 unspecified atom stereocenters. The lowest BCUT2D eigenvalue weighted by Crippen LogP contribution is -2.44. The molecule has 1 amide bonds. The maximum Gasteiger partial charge on any atom is 0.326 e. The Balaban J connectivity index is 1.24. The van der Waals surface area contributed by atoms with Crippen molar-refractivity contribution in [1.82, 2.24) is 9.80 Å². The lowest BCUT2D eigenvalue weighted by atomic mass is 9.93. The van der Waals surface area contributed by atoms with Gasteiger partial charge in [-0.2, -0.15) is 0 Å². The van der Waals surface area contributed by atoms with Gasteiger partial charge in [-0.15, -0.1) is 0 Å². The van der Waals surface area contributed by atoms with Crippen LogP contribution < -0.4 is 4.74 Å². The van der Waals surface area contributed by atoms with Gasteiger partial charge in [-0.25, -0.2) is 22.4 Å². The number of piperidine rings is 1. The quantitative estimate of drug-likeness (QED) is 0.425. The van der Waals surface area contributed by atoms with E-state index in [-0.39, 0.29) is 48.1 Å². The molecular weight excluding hydrogens is 540 g/mol. The van der Waals surface area contributed by atoms with Crippen molar-refractivity contribution in [2.75, 3.05) is 26.2 Å². The van der Waals surface area contributed by atoms with Crippen LogP contribution in [0.3, 0.4) is 0 Å². The van der Waals surface area contributed by atoms with E-state index in [9.17, 15) is 23.5 Å². The first kappa shape index (κ1) is 27.7. The van der Waals surface area contributed by atoms with Crippen LogP contribution in [0.4, 0.5) is 17.6 Å². The second kappa shape index (κ2) is 11.0. The Hall–Kier alpha value is -2.85. The number of ether oxygens (including phenoxy) is 1. The molecule has 0 aromatic heterocycles. The molecule has 0 bridgehead atoms. The molecule has 0 spiro atoms. The Morgan fingerprint density at radius 3 is 2.46 bits per heavy atom. The van der Waals surface area contributed by atoms with E-state index in [0.29, 0.717) is 25.2 Å². The first-order chi connectivity index (χ1) is 18.5. The molecule has 210 valence electrons. The highest BCUT2D eigenvalue weighted by Gasteiger charge is 2.42. The zero-order valence-corrected chi connectivity index (χ0v) is 21.9. The molecule has 6 nitrogen and oxygen atoms in total. The van der Waals surface area contributed by atoms with Crippen LogP contribution >= 0.6 is 11.6 Å². The van der Waals surface area contributed by atoms with Crippen LogP contribution in [0.1, 0.15) is 59.5 Å². The summed E-state index contributed by atoms with van der Waals surface area (Å²) in [5.74, 6) is -3.46. The lowest BCUT2D eigenvalue weighted by Gasteiger charge is -2.36. The molecule has 3 aliphatic rings. The van der Waals surface area contributed by atoms with Crippen molar-refractivity contribution >= 4 is 23.5 Å². The second-order valence-electron chi connectivity index (χ2n) is 10.8. The van der Waals surface area contributed by atoms with E-state index in [0.717, 1.165) is 29.4 Å². The Labute approximate surface area is 228 Å². The molecule has 1 aliphatic carbocycles. The fourth-order valence-electron chi connectivity index (χ4n) is 5.33. The summed E-state index contributed by atoms with van der Waals surface area (Å²) in [6.45, 7) is 0.700. The molecule has 2 aromatic rings. The molecular formula is C28H29ClF4N2O4. The Kier molecular flexibility index (Phi) is 7.79. The monoisotopic (exact) mass is 568 g/mol. The van der Waals surface area contributed by atoms with Crippen LogP contribution in [0.25, 0.3) is 0 Å². The average Bonchev–Trinajstić information content (AvgIpc) is 3.66. The van der Waals surface area contributed by atoms with Gasteiger partial charge in [0.05, 0.1) is 17.1 Å². The van der Waals surface area contributed by atoms with Crippen molar-refractivity contribution < 1.29 is 37.0 Å². The highest BCUT2D eigenvalue weighted by Crippen LogP contribution is 2.46. The van der Waals surface area contributed by atoms with Crippen LogP contribution in [-0.4, -0.2) is 70.9 Å². The summed E-state index contributed by atoms with van der Waals surface area (Å²) in [5.41, 5.74) is -0.581. The molecule has 39 heavy (non-hydrogen) atoms. The van der Waals surface area contributed by atoms with Gasteiger partial charge in [-0.1, -0.05) is 17.7 Å². The van der Waals surface area contributed by atoms with Crippen molar-refractivity contribution in [2.24, 2.45) is 0 Å². The van der Waals surface area contributed by atoms with Gasteiger partial charge in [0.25, 0.3) is 5.91 Å². The van der Waals surface area contributed by atoms with Crippen LogP contribution in [0.15, 0.2) is 30.3 Å². The van der Waals surface area contributed by atoms with Crippen molar-refractivity contribution in [3.63, 3.8) is 0 Å². The number of rotatable bonds is 8. The second-order valence-corrected chi connectivity index (χ2v) is 11.2. The number of amides is 1. The number of carbonyl (C=O) groups is 2. The minimum atomic E-state index is -1.64. The molecule has 2 saturated heterocycles. The van der Waals surface area contributed by atoms with Crippen molar-refractivity contribution in [3.05, 3.63) is 63.7 Å². The number of hydrogen-bond donors (Lipinski definition) is 1. The summed E-state index contributed by atoms with van der Waals surface area (Å²) >= 11 is 5.86. The number of carbonyl (C=O) groups excluding carboxylic acids is 1. The normalized spacial score (nSPS) is 23.2. The lowest BCUT2D eigenvalue weighted by molar-refractivity contribution is -0.141. The number of likely N-dealkylation sites (tertiary alicyclic amines) is 2. The number of nitrogens with zero attached hydrogens (tertiary/aromatic N) is 2. The number of halogens is 5. The zero-order chi connectivity index (χ0) is 27.9. The van der Waals surface area contributed by atoms with Gasteiger partial charge in [0.1, 0.15) is 41.9 Å². The minimum Gasteiger partial charge on any atom is -0.490 e. The predicted molar refractivity (Wildman–Crippen MR) is 136 cm³/mol. The summed E-state index contributed by atoms with van der Waals surface area (Å²) in [6.07, 6.45) is 0.141. The minimum absolute atomic E-state index is 0.0230. The van der Waals surface area contributed by atoms with E-state index >= 15 is 8.78 Å². The first-order valence-corrected chi connectivity index (χ1v) is 13.4. The van der Waals surface area contributed by atoms with E-state index in [4.69, 9.17) is 16.3 Å². The molecule has 11 heteroatoms. The van der Waals surface area contributed by atoms with E-state index in [1.165, 1.54) is 12.1 Å².